The number of likely N-dealkylation sites (tertiary alicyclic amines) is 2. The molecule has 0 saturated carbocycles. The zero-order chi connectivity index (χ0) is 15.9. The molecule has 0 aromatic heterocycles. The summed E-state index contributed by atoms with van der Waals surface area (Å²) in [4.78, 5) is 39.7. The molecule has 0 spiro atoms. The number of urea groups is 1. The van der Waals surface area contributed by atoms with Gasteiger partial charge in [0.2, 0.25) is 11.8 Å². The normalized spacial score (nSPS) is 22.4. The molecule has 2 saturated heterocycles. The van der Waals surface area contributed by atoms with E-state index in [-0.39, 0.29) is 24.4 Å². The Kier molecular flexibility index (Phi) is 6.18. The fourth-order valence-corrected chi connectivity index (χ4v) is 3.16. The number of hydrogen-bond donors (Lipinski definition) is 2. The Bertz CT molecular complexity index is 421. The van der Waals surface area contributed by atoms with Crippen molar-refractivity contribution in [1.82, 2.24) is 20.4 Å². The third-order valence-electron chi connectivity index (χ3n) is 4.25. The molecule has 22 heavy (non-hydrogen) atoms. The van der Waals surface area contributed by atoms with Crippen LogP contribution >= 0.6 is 0 Å². The number of carbonyl (C=O) groups is 3. The van der Waals surface area contributed by atoms with Crippen LogP contribution in [-0.4, -0.2) is 66.4 Å². The Balaban J connectivity index is 1.90. The summed E-state index contributed by atoms with van der Waals surface area (Å²) < 4.78 is 0. The van der Waals surface area contributed by atoms with E-state index in [4.69, 9.17) is 0 Å². The van der Waals surface area contributed by atoms with Gasteiger partial charge in [0.1, 0.15) is 0 Å². The van der Waals surface area contributed by atoms with Crippen LogP contribution in [0.25, 0.3) is 0 Å². The first kappa shape index (κ1) is 16.7. The summed E-state index contributed by atoms with van der Waals surface area (Å²) in [5.41, 5.74) is 0. The van der Waals surface area contributed by atoms with Crippen molar-refractivity contribution in [2.45, 2.75) is 45.1 Å². The van der Waals surface area contributed by atoms with Crippen LogP contribution in [0.3, 0.4) is 0 Å². The summed E-state index contributed by atoms with van der Waals surface area (Å²) in [5.74, 6) is -0.213. The molecule has 7 heteroatoms. The summed E-state index contributed by atoms with van der Waals surface area (Å²) in [6, 6.07) is -0.696. The number of carbonyl (C=O) groups excluding carboxylic acids is 3. The molecular formula is C15H26N4O3. The molecule has 2 fully saturated rings. The number of piperidine rings is 1. The van der Waals surface area contributed by atoms with Gasteiger partial charge in [0, 0.05) is 19.6 Å². The van der Waals surface area contributed by atoms with Crippen LogP contribution in [0, 0.1) is 0 Å². The fourth-order valence-electron chi connectivity index (χ4n) is 3.16. The van der Waals surface area contributed by atoms with E-state index in [0.717, 1.165) is 51.7 Å². The minimum atomic E-state index is -0.480. The number of nitrogens with one attached hydrogen (secondary N) is 2. The highest BCUT2D eigenvalue weighted by atomic mass is 16.2. The lowest BCUT2D eigenvalue weighted by Gasteiger charge is -2.36. The maximum absolute atomic E-state index is 12.6. The van der Waals surface area contributed by atoms with Crippen LogP contribution in [0.4, 0.5) is 4.79 Å². The molecular weight excluding hydrogens is 284 g/mol. The molecule has 2 aliphatic rings. The molecule has 1 unspecified atom stereocenters. The molecule has 2 N–H and O–H groups in total. The van der Waals surface area contributed by atoms with Crippen molar-refractivity contribution in [3.63, 3.8) is 0 Å². The number of imide groups is 1. The second-order valence-corrected chi connectivity index (χ2v) is 5.92. The first-order valence-corrected chi connectivity index (χ1v) is 8.22. The van der Waals surface area contributed by atoms with Crippen LogP contribution in [0.15, 0.2) is 0 Å². The van der Waals surface area contributed by atoms with E-state index in [0.29, 0.717) is 6.54 Å². The van der Waals surface area contributed by atoms with Crippen molar-refractivity contribution in [3.05, 3.63) is 0 Å². The smallest absolute Gasteiger partial charge is 0.321 e. The Hall–Kier alpha value is -1.63. The van der Waals surface area contributed by atoms with Gasteiger partial charge in [-0.25, -0.2) is 4.79 Å². The van der Waals surface area contributed by atoms with Gasteiger partial charge in [-0.05, 0) is 39.2 Å². The van der Waals surface area contributed by atoms with E-state index in [1.165, 1.54) is 0 Å². The van der Waals surface area contributed by atoms with Gasteiger partial charge in [-0.15, -0.1) is 0 Å². The Labute approximate surface area is 131 Å². The molecule has 2 heterocycles. The molecule has 1 atom stereocenters. The fraction of sp³-hybridized carbons (Fsp3) is 0.800. The van der Waals surface area contributed by atoms with Gasteiger partial charge in [0.25, 0.3) is 0 Å². The molecule has 124 valence electrons. The molecule has 0 aromatic rings. The van der Waals surface area contributed by atoms with Crippen molar-refractivity contribution >= 4 is 17.8 Å². The predicted molar refractivity (Wildman–Crippen MR) is 82.2 cm³/mol. The zero-order valence-electron chi connectivity index (χ0n) is 13.3. The molecule has 7 nitrogen and oxygen atoms in total. The standard InChI is InChI=1S/C15H26N4O3/c1-2-16-15(22)17-13(20)11-19-10-4-3-7-12(19)14(21)18-8-5-6-9-18/h12H,2-11H2,1H3,(H2,16,17,20,22). The highest BCUT2D eigenvalue weighted by Gasteiger charge is 2.33. The van der Waals surface area contributed by atoms with E-state index in [1.807, 2.05) is 9.80 Å². The minimum Gasteiger partial charge on any atom is -0.341 e. The summed E-state index contributed by atoms with van der Waals surface area (Å²) in [6.07, 6.45) is 4.92. The first-order chi connectivity index (χ1) is 10.6. The summed E-state index contributed by atoms with van der Waals surface area (Å²) in [5, 5.41) is 4.83. The van der Waals surface area contributed by atoms with E-state index in [1.54, 1.807) is 6.92 Å². The Morgan fingerprint density at radius 3 is 2.41 bits per heavy atom. The maximum Gasteiger partial charge on any atom is 0.321 e. The maximum atomic E-state index is 12.6. The van der Waals surface area contributed by atoms with Crippen molar-refractivity contribution in [1.29, 1.82) is 0 Å². The quantitative estimate of drug-likeness (QED) is 0.783. The van der Waals surface area contributed by atoms with Crippen molar-refractivity contribution in [2.75, 3.05) is 32.7 Å². The monoisotopic (exact) mass is 310 g/mol. The Morgan fingerprint density at radius 1 is 1.05 bits per heavy atom. The van der Waals surface area contributed by atoms with Crippen LogP contribution in [0.5, 0.6) is 0 Å². The van der Waals surface area contributed by atoms with Crippen molar-refractivity contribution in [3.8, 4) is 0 Å². The van der Waals surface area contributed by atoms with E-state index < -0.39 is 6.03 Å². The van der Waals surface area contributed by atoms with E-state index in [9.17, 15) is 14.4 Å². The van der Waals surface area contributed by atoms with Gasteiger partial charge in [-0.1, -0.05) is 6.42 Å². The summed E-state index contributed by atoms with van der Waals surface area (Å²) >= 11 is 0. The van der Waals surface area contributed by atoms with Crippen LogP contribution in [0.1, 0.15) is 39.0 Å². The lowest BCUT2D eigenvalue weighted by atomic mass is 10.0. The van der Waals surface area contributed by atoms with E-state index in [2.05, 4.69) is 10.6 Å². The lowest BCUT2D eigenvalue weighted by Crippen LogP contribution is -2.54. The van der Waals surface area contributed by atoms with Gasteiger partial charge in [-0.2, -0.15) is 0 Å². The highest BCUT2D eigenvalue weighted by Crippen LogP contribution is 2.20. The molecule has 4 amide bonds. The second kappa shape index (κ2) is 8.12. The SMILES string of the molecule is CCNC(=O)NC(=O)CN1CCCCC1C(=O)N1CCCC1. The third-order valence-corrected chi connectivity index (χ3v) is 4.25. The average Bonchev–Trinajstić information content (AvgIpc) is 3.01. The van der Waals surface area contributed by atoms with Gasteiger partial charge >= 0.3 is 6.03 Å². The van der Waals surface area contributed by atoms with Gasteiger partial charge < -0.3 is 10.2 Å². The van der Waals surface area contributed by atoms with Gasteiger partial charge in [0.05, 0.1) is 12.6 Å². The number of hydrogen-bond acceptors (Lipinski definition) is 4. The van der Waals surface area contributed by atoms with Crippen LogP contribution in [-0.2, 0) is 9.59 Å². The molecule has 2 rings (SSSR count). The van der Waals surface area contributed by atoms with Crippen LogP contribution in [0.2, 0.25) is 0 Å². The third kappa shape index (κ3) is 4.43. The van der Waals surface area contributed by atoms with E-state index >= 15 is 0 Å². The number of nitrogens with zero attached hydrogens (tertiary/aromatic N) is 2. The molecule has 0 aliphatic carbocycles. The zero-order valence-corrected chi connectivity index (χ0v) is 13.3. The largest absolute Gasteiger partial charge is 0.341 e. The average molecular weight is 310 g/mol. The first-order valence-electron chi connectivity index (χ1n) is 8.22. The number of amides is 4. The summed E-state index contributed by atoms with van der Waals surface area (Å²) in [6.45, 7) is 4.75. The molecule has 0 aromatic carbocycles. The minimum absolute atomic E-state index is 0.0986. The van der Waals surface area contributed by atoms with Gasteiger partial charge in [-0.3, -0.25) is 19.8 Å². The molecule has 0 bridgehead atoms. The topological polar surface area (TPSA) is 81.8 Å². The highest BCUT2D eigenvalue weighted by molar-refractivity contribution is 5.95. The second-order valence-electron chi connectivity index (χ2n) is 5.92. The lowest BCUT2D eigenvalue weighted by molar-refractivity contribution is -0.138. The molecule has 2 aliphatic heterocycles. The van der Waals surface area contributed by atoms with Gasteiger partial charge in [0.15, 0.2) is 0 Å². The predicted octanol–water partition coefficient (Wildman–Crippen LogP) is 0.309. The molecule has 0 radical (unpaired) electrons. The summed E-state index contributed by atoms with van der Waals surface area (Å²) in [7, 11) is 0. The Morgan fingerprint density at radius 2 is 1.73 bits per heavy atom. The number of rotatable bonds is 4. The van der Waals surface area contributed by atoms with Crippen LogP contribution < -0.4 is 10.6 Å². The van der Waals surface area contributed by atoms with Crippen molar-refractivity contribution < 1.29 is 14.4 Å². The van der Waals surface area contributed by atoms with Crippen molar-refractivity contribution in [2.24, 2.45) is 0 Å².